The zero-order valence-electron chi connectivity index (χ0n) is 6.66. The number of pyridine rings is 1. The maximum absolute atomic E-state index is 10.3. The zero-order valence-corrected chi connectivity index (χ0v) is 6.66. The Morgan fingerprint density at radius 1 is 1.58 bits per heavy atom. The highest BCUT2D eigenvalue weighted by molar-refractivity contribution is 5.71. The maximum Gasteiger partial charge on any atom is 0.168 e. The summed E-state index contributed by atoms with van der Waals surface area (Å²) >= 11 is 0. The predicted octanol–water partition coefficient (Wildman–Crippen LogP) is 0.928. The van der Waals surface area contributed by atoms with Crippen LogP contribution >= 0.6 is 0 Å². The van der Waals surface area contributed by atoms with Crippen molar-refractivity contribution in [2.75, 3.05) is 6.54 Å². The summed E-state index contributed by atoms with van der Waals surface area (Å²) in [7, 11) is 0. The monoisotopic (exact) mass is 162 g/mol. The molecule has 0 spiro atoms. The van der Waals surface area contributed by atoms with E-state index in [2.05, 4.69) is 10.3 Å². The number of aromatic nitrogens is 1. The third kappa shape index (κ3) is 1.23. The van der Waals surface area contributed by atoms with E-state index in [9.17, 15) is 4.79 Å². The molecule has 0 radical (unpaired) electrons. The van der Waals surface area contributed by atoms with Crippen molar-refractivity contribution in [2.45, 2.75) is 12.5 Å². The SMILES string of the molecule is O=Cc1ccc(C2CCN2)cn1. The number of hydrogen-bond acceptors (Lipinski definition) is 3. The molecule has 1 aromatic heterocycles. The highest BCUT2D eigenvalue weighted by atomic mass is 16.1. The van der Waals surface area contributed by atoms with E-state index in [1.807, 2.05) is 6.07 Å². The van der Waals surface area contributed by atoms with Gasteiger partial charge in [-0.1, -0.05) is 6.07 Å². The first-order valence-corrected chi connectivity index (χ1v) is 4.04. The molecule has 2 rings (SSSR count). The highest BCUT2D eigenvalue weighted by Crippen LogP contribution is 2.21. The fourth-order valence-electron chi connectivity index (χ4n) is 1.27. The van der Waals surface area contributed by atoms with Gasteiger partial charge in [0.1, 0.15) is 5.69 Å². The van der Waals surface area contributed by atoms with Crippen molar-refractivity contribution in [1.82, 2.24) is 10.3 Å². The Kier molecular flexibility index (Phi) is 1.87. The molecule has 1 unspecified atom stereocenters. The average molecular weight is 162 g/mol. The predicted molar refractivity (Wildman–Crippen MR) is 45.0 cm³/mol. The summed E-state index contributed by atoms with van der Waals surface area (Å²) in [6.07, 6.45) is 3.70. The zero-order chi connectivity index (χ0) is 8.39. The largest absolute Gasteiger partial charge is 0.310 e. The summed E-state index contributed by atoms with van der Waals surface area (Å²) in [6, 6.07) is 4.16. The standard InChI is InChI=1S/C9H10N2O/c12-6-8-2-1-7(5-11-8)9-3-4-10-9/h1-2,5-6,9-10H,3-4H2. The molecule has 3 nitrogen and oxygen atoms in total. The second-order valence-electron chi connectivity index (χ2n) is 2.93. The van der Waals surface area contributed by atoms with Crippen LogP contribution in [0.3, 0.4) is 0 Å². The van der Waals surface area contributed by atoms with Gasteiger partial charge in [-0.2, -0.15) is 0 Å². The van der Waals surface area contributed by atoms with Gasteiger partial charge in [-0.05, 0) is 24.6 Å². The van der Waals surface area contributed by atoms with Crippen molar-refractivity contribution in [2.24, 2.45) is 0 Å². The van der Waals surface area contributed by atoms with Gasteiger partial charge < -0.3 is 5.32 Å². The number of nitrogens with one attached hydrogen (secondary N) is 1. The molecule has 1 saturated heterocycles. The Bertz CT molecular complexity index is 277. The number of aldehydes is 1. The second-order valence-corrected chi connectivity index (χ2v) is 2.93. The molecular weight excluding hydrogens is 152 g/mol. The van der Waals surface area contributed by atoms with E-state index in [1.54, 1.807) is 12.3 Å². The smallest absolute Gasteiger partial charge is 0.168 e. The van der Waals surface area contributed by atoms with Crippen LogP contribution in [-0.4, -0.2) is 17.8 Å². The highest BCUT2D eigenvalue weighted by Gasteiger charge is 2.17. The van der Waals surface area contributed by atoms with E-state index in [0.717, 1.165) is 12.8 Å². The van der Waals surface area contributed by atoms with Crippen LogP contribution in [0.15, 0.2) is 18.3 Å². The molecule has 2 heterocycles. The molecule has 1 aliphatic rings. The minimum Gasteiger partial charge on any atom is -0.310 e. The van der Waals surface area contributed by atoms with Crippen molar-refractivity contribution < 1.29 is 4.79 Å². The van der Waals surface area contributed by atoms with E-state index < -0.39 is 0 Å². The summed E-state index contributed by atoms with van der Waals surface area (Å²) < 4.78 is 0. The van der Waals surface area contributed by atoms with Crippen molar-refractivity contribution in [1.29, 1.82) is 0 Å². The summed E-state index contributed by atoms with van der Waals surface area (Å²) in [4.78, 5) is 14.3. The van der Waals surface area contributed by atoms with Crippen molar-refractivity contribution in [3.63, 3.8) is 0 Å². The Morgan fingerprint density at radius 3 is 2.83 bits per heavy atom. The lowest BCUT2D eigenvalue weighted by molar-refractivity contribution is 0.111. The van der Waals surface area contributed by atoms with Crippen LogP contribution in [0.25, 0.3) is 0 Å². The third-order valence-corrected chi connectivity index (χ3v) is 2.16. The van der Waals surface area contributed by atoms with E-state index >= 15 is 0 Å². The van der Waals surface area contributed by atoms with Gasteiger partial charge in [-0.3, -0.25) is 9.78 Å². The molecule has 1 atom stereocenters. The fourth-order valence-corrected chi connectivity index (χ4v) is 1.27. The van der Waals surface area contributed by atoms with Crippen LogP contribution in [0.2, 0.25) is 0 Å². The third-order valence-electron chi connectivity index (χ3n) is 2.16. The van der Waals surface area contributed by atoms with Crippen LogP contribution in [0.5, 0.6) is 0 Å². The summed E-state index contributed by atoms with van der Waals surface area (Å²) in [5, 5.41) is 3.27. The van der Waals surface area contributed by atoms with Crippen LogP contribution in [0, 0.1) is 0 Å². The Morgan fingerprint density at radius 2 is 2.42 bits per heavy atom. The topological polar surface area (TPSA) is 42.0 Å². The van der Waals surface area contributed by atoms with Crippen LogP contribution in [0.1, 0.15) is 28.5 Å². The Labute approximate surface area is 70.8 Å². The van der Waals surface area contributed by atoms with Crippen LogP contribution < -0.4 is 5.32 Å². The fraction of sp³-hybridized carbons (Fsp3) is 0.333. The molecule has 0 aromatic carbocycles. The number of carbonyl (C=O) groups excluding carboxylic acids is 1. The van der Waals surface area contributed by atoms with Crippen LogP contribution in [-0.2, 0) is 0 Å². The lowest BCUT2D eigenvalue weighted by Crippen LogP contribution is -2.34. The molecule has 0 bridgehead atoms. The summed E-state index contributed by atoms with van der Waals surface area (Å²) in [5.41, 5.74) is 1.67. The van der Waals surface area contributed by atoms with Gasteiger partial charge in [-0.25, -0.2) is 0 Å². The molecule has 1 fully saturated rings. The number of carbonyl (C=O) groups is 1. The number of nitrogens with zero attached hydrogens (tertiary/aromatic N) is 1. The normalized spacial score (nSPS) is 21.5. The minimum absolute atomic E-state index is 0.457. The van der Waals surface area contributed by atoms with Crippen molar-refractivity contribution in [3.8, 4) is 0 Å². The van der Waals surface area contributed by atoms with E-state index in [-0.39, 0.29) is 0 Å². The molecule has 62 valence electrons. The van der Waals surface area contributed by atoms with Gasteiger partial charge in [0.25, 0.3) is 0 Å². The van der Waals surface area contributed by atoms with Gasteiger partial charge in [0.15, 0.2) is 6.29 Å². The molecule has 12 heavy (non-hydrogen) atoms. The van der Waals surface area contributed by atoms with Gasteiger partial charge >= 0.3 is 0 Å². The molecule has 3 heteroatoms. The van der Waals surface area contributed by atoms with Gasteiger partial charge in [-0.15, -0.1) is 0 Å². The minimum atomic E-state index is 0.457. The lowest BCUT2D eigenvalue weighted by Gasteiger charge is -2.27. The van der Waals surface area contributed by atoms with Gasteiger partial charge in [0.05, 0.1) is 0 Å². The van der Waals surface area contributed by atoms with E-state index in [4.69, 9.17) is 0 Å². The first-order chi connectivity index (χ1) is 5.90. The first-order valence-electron chi connectivity index (χ1n) is 4.04. The number of hydrogen-bond donors (Lipinski definition) is 1. The molecule has 0 amide bonds. The molecule has 1 N–H and O–H groups in total. The molecule has 0 aliphatic carbocycles. The Balaban J connectivity index is 2.18. The Hall–Kier alpha value is -1.22. The molecular formula is C9H10N2O. The quantitative estimate of drug-likeness (QED) is 0.658. The van der Waals surface area contributed by atoms with Crippen molar-refractivity contribution in [3.05, 3.63) is 29.6 Å². The van der Waals surface area contributed by atoms with Crippen LogP contribution in [0.4, 0.5) is 0 Å². The number of rotatable bonds is 2. The van der Waals surface area contributed by atoms with Crippen molar-refractivity contribution >= 4 is 6.29 Å². The summed E-state index contributed by atoms with van der Waals surface area (Å²) in [5.74, 6) is 0. The lowest BCUT2D eigenvalue weighted by atomic mass is 10.00. The van der Waals surface area contributed by atoms with Gasteiger partial charge in [0.2, 0.25) is 0 Å². The molecule has 1 aromatic rings. The van der Waals surface area contributed by atoms with E-state index in [0.29, 0.717) is 11.7 Å². The van der Waals surface area contributed by atoms with Gasteiger partial charge in [0, 0.05) is 12.2 Å². The van der Waals surface area contributed by atoms with E-state index in [1.165, 1.54) is 12.0 Å². The summed E-state index contributed by atoms with van der Waals surface area (Å²) in [6.45, 7) is 1.08. The average Bonchev–Trinajstić information content (AvgIpc) is 2.03. The first kappa shape index (κ1) is 7.43. The maximum atomic E-state index is 10.3. The molecule has 1 aliphatic heterocycles. The second kappa shape index (κ2) is 3.03. The molecule has 0 saturated carbocycles.